The van der Waals surface area contributed by atoms with Crippen LogP contribution in [-0.4, -0.2) is 43.1 Å². The van der Waals surface area contributed by atoms with Crippen molar-refractivity contribution in [3.8, 4) is 28.3 Å². The molecule has 0 amide bonds. The number of benzene rings is 3. The molecular formula is C24H18N4O5. The van der Waals surface area contributed by atoms with E-state index in [1.165, 1.54) is 12.1 Å². The van der Waals surface area contributed by atoms with Crippen LogP contribution in [0.15, 0.2) is 66.7 Å². The Morgan fingerprint density at radius 2 is 1.67 bits per heavy atom. The monoisotopic (exact) mass is 442 g/mol. The van der Waals surface area contributed by atoms with E-state index in [2.05, 4.69) is 9.97 Å². The number of imidazole rings is 1. The number of amidine groups is 1. The van der Waals surface area contributed by atoms with Crippen molar-refractivity contribution in [1.29, 1.82) is 5.41 Å². The van der Waals surface area contributed by atoms with Crippen molar-refractivity contribution in [3.05, 3.63) is 77.9 Å². The van der Waals surface area contributed by atoms with Gasteiger partial charge in [-0.05, 0) is 41.5 Å². The molecule has 0 unspecified atom stereocenters. The second-order valence-electron chi connectivity index (χ2n) is 7.22. The van der Waals surface area contributed by atoms with Crippen molar-refractivity contribution in [2.24, 2.45) is 5.73 Å². The molecule has 0 radical (unpaired) electrons. The van der Waals surface area contributed by atoms with Crippen molar-refractivity contribution in [1.82, 2.24) is 9.97 Å². The molecule has 33 heavy (non-hydrogen) atoms. The van der Waals surface area contributed by atoms with Crippen LogP contribution in [0.2, 0.25) is 0 Å². The van der Waals surface area contributed by atoms with Crippen LogP contribution < -0.4 is 5.73 Å². The lowest BCUT2D eigenvalue weighted by atomic mass is 9.94. The standard InChI is InChI=1S/C24H18N4O5/c25-22(26)13-6-7-18-19(10-13)28-23(27-18)17-9-14(16(24(32)33)11-20(29)30)8-15(21(17)31)12-4-2-1-3-5-12/h1-11,31H,(H3,25,26)(H,27,28)(H,29,30)(H,32,33)/b16-11+. The number of hydrogen-bond donors (Lipinski definition) is 6. The molecular weight excluding hydrogens is 424 g/mol. The van der Waals surface area contributed by atoms with Gasteiger partial charge >= 0.3 is 11.9 Å². The third-order valence-corrected chi connectivity index (χ3v) is 5.05. The molecule has 7 N–H and O–H groups in total. The number of fused-ring (bicyclic) bond motifs is 1. The van der Waals surface area contributed by atoms with Crippen molar-refractivity contribution in [3.63, 3.8) is 0 Å². The second-order valence-corrected chi connectivity index (χ2v) is 7.22. The van der Waals surface area contributed by atoms with E-state index < -0.39 is 17.5 Å². The van der Waals surface area contributed by atoms with Gasteiger partial charge in [0, 0.05) is 17.2 Å². The van der Waals surface area contributed by atoms with Crippen LogP contribution >= 0.6 is 0 Å². The summed E-state index contributed by atoms with van der Waals surface area (Å²) in [4.78, 5) is 30.6. The van der Waals surface area contributed by atoms with Crippen molar-refractivity contribution in [2.45, 2.75) is 0 Å². The third-order valence-electron chi connectivity index (χ3n) is 5.05. The van der Waals surface area contributed by atoms with Gasteiger partial charge in [-0.1, -0.05) is 30.3 Å². The number of phenols is 1. The first kappa shape index (κ1) is 21.3. The van der Waals surface area contributed by atoms with Crippen LogP contribution in [0.3, 0.4) is 0 Å². The fraction of sp³-hybridized carbons (Fsp3) is 0. The van der Waals surface area contributed by atoms with E-state index in [0.717, 1.165) is 0 Å². The number of carbonyl (C=O) groups is 2. The zero-order chi connectivity index (χ0) is 23.7. The Morgan fingerprint density at radius 3 is 2.30 bits per heavy atom. The number of aromatic amines is 1. The average molecular weight is 442 g/mol. The molecule has 0 fully saturated rings. The van der Waals surface area contributed by atoms with E-state index in [-0.39, 0.29) is 28.5 Å². The van der Waals surface area contributed by atoms with Crippen LogP contribution in [0.25, 0.3) is 39.1 Å². The second kappa shape index (κ2) is 8.31. The van der Waals surface area contributed by atoms with E-state index in [1.54, 1.807) is 48.5 Å². The number of aliphatic carboxylic acids is 2. The number of H-pyrrole nitrogens is 1. The molecule has 9 nitrogen and oxygen atoms in total. The molecule has 0 aliphatic carbocycles. The number of aromatic hydroxyl groups is 1. The van der Waals surface area contributed by atoms with Gasteiger partial charge in [0.1, 0.15) is 17.4 Å². The fourth-order valence-corrected chi connectivity index (χ4v) is 3.50. The number of nitrogens with zero attached hydrogens (tertiary/aromatic N) is 1. The highest BCUT2D eigenvalue weighted by molar-refractivity contribution is 6.20. The topological polar surface area (TPSA) is 173 Å². The maximum absolute atomic E-state index is 11.8. The molecule has 0 saturated heterocycles. The first-order valence-corrected chi connectivity index (χ1v) is 9.70. The normalized spacial score (nSPS) is 11.5. The summed E-state index contributed by atoms with van der Waals surface area (Å²) in [5.74, 6) is -2.88. The van der Waals surface area contributed by atoms with Gasteiger partial charge in [0.25, 0.3) is 0 Å². The fourth-order valence-electron chi connectivity index (χ4n) is 3.50. The lowest BCUT2D eigenvalue weighted by Crippen LogP contribution is -2.10. The molecule has 0 spiro atoms. The number of nitrogens with two attached hydrogens (primary N) is 1. The Balaban J connectivity index is 1.99. The van der Waals surface area contributed by atoms with Gasteiger partial charge in [-0.2, -0.15) is 0 Å². The summed E-state index contributed by atoms with van der Waals surface area (Å²) in [6.45, 7) is 0. The van der Waals surface area contributed by atoms with Gasteiger partial charge < -0.3 is 26.0 Å². The minimum Gasteiger partial charge on any atom is -0.507 e. The van der Waals surface area contributed by atoms with E-state index in [4.69, 9.17) is 16.2 Å². The molecule has 1 heterocycles. The maximum Gasteiger partial charge on any atom is 0.336 e. The summed E-state index contributed by atoms with van der Waals surface area (Å²) in [7, 11) is 0. The minimum absolute atomic E-state index is 0.0847. The van der Waals surface area contributed by atoms with Crippen LogP contribution in [0, 0.1) is 5.41 Å². The Labute approximate surface area is 187 Å². The predicted octanol–water partition coefficient (Wildman–Crippen LogP) is 3.44. The van der Waals surface area contributed by atoms with Crippen molar-refractivity contribution >= 4 is 34.4 Å². The number of nitrogen functional groups attached to an aromatic ring is 1. The van der Waals surface area contributed by atoms with Gasteiger partial charge in [-0.15, -0.1) is 0 Å². The third kappa shape index (κ3) is 4.15. The molecule has 0 aliphatic rings. The maximum atomic E-state index is 11.8. The summed E-state index contributed by atoms with van der Waals surface area (Å²) in [6, 6.07) is 16.5. The zero-order valence-electron chi connectivity index (χ0n) is 17.0. The van der Waals surface area contributed by atoms with E-state index in [0.29, 0.717) is 33.8 Å². The van der Waals surface area contributed by atoms with E-state index in [9.17, 15) is 19.8 Å². The van der Waals surface area contributed by atoms with E-state index >= 15 is 0 Å². The summed E-state index contributed by atoms with van der Waals surface area (Å²) >= 11 is 0. The minimum atomic E-state index is -1.43. The highest BCUT2D eigenvalue weighted by Gasteiger charge is 2.21. The van der Waals surface area contributed by atoms with Crippen molar-refractivity contribution < 1.29 is 24.9 Å². The quantitative estimate of drug-likeness (QED) is 0.151. The van der Waals surface area contributed by atoms with Gasteiger partial charge in [-0.3, -0.25) is 5.41 Å². The summed E-state index contributed by atoms with van der Waals surface area (Å²) < 4.78 is 0. The molecule has 9 heteroatoms. The number of carboxylic acids is 2. The largest absolute Gasteiger partial charge is 0.507 e. The van der Waals surface area contributed by atoms with Gasteiger partial charge in [0.15, 0.2) is 0 Å². The smallest absolute Gasteiger partial charge is 0.336 e. The van der Waals surface area contributed by atoms with Crippen molar-refractivity contribution in [2.75, 3.05) is 0 Å². The van der Waals surface area contributed by atoms with Gasteiger partial charge in [0.2, 0.25) is 0 Å². The highest BCUT2D eigenvalue weighted by atomic mass is 16.4. The van der Waals surface area contributed by atoms with Gasteiger partial charge in [-0.25, -0.2) is 14.6 Å². The summed E-state index contributed by atoms with van der Waals surface area (Å²) in [6.07, 6.45) is 0.602. The van der Waals surface area contributed by atoms with Crippen LogP contribution in [0.1, 0.15) is 11.1 Å². The highest BCUT2D eigenvalue weighted by Crippen LogP contribution is 2.40. The first-order chi connectivity index (χ1) is 15.7. The number of aromatic nitrogens is 2. The summed E-state index contributed by atoms with van der Waals surface area (Å²) in [5.41, 5.74) is 7.87. The van der Waals surface area contributed by atoms with Crippen LogP contribution in [0.5, 0.6) is 5.75 Å². The number of rotatable bonds is 6. The average Bonchev–Trinajstić information content (AvgIpc) is 3.21. The molecule has 0 atom stereocenters. The van der Waals surface area contributed by atoms with Gasteiger partial charge in [0.05, 0.1) is 22.2 Å². The molecule has 1 aromatic heterocycles. The number of nitrogens with one attached hydrogen (secondary N) is 2. The molecule has 164 valence electrons. The Hall–Kier alpha value is -4.92. The lowest BCUT2D eigenvalue weighted by molar-refractivity contribution is -0.133. The molecule has 3 aromatic carbocycles. The van der Waals surface area contributed by atoms with Crippen LogP contribution in [-0.2, 0) is 9.59 Å². The van der Waals surface area contributed by atoms with Crippen LogP contribution in [0.4, 0.5) is 0 Å². The Kier molecular flexibility index (Phi) is 5.37. The molecule has 0 saturated carbocycles. The zero-order valence-corrected chi connectivity index (χ0v) is 17.0. The molecule has 4 rings (SSSR count). The summed E-state index contributed by atoms with van der Waals surface area (Å²) in [5, 5.41) is 37.5. The first-order valence-electron chi connectivity index (χ1n) is 9.70. The number of phenolic OH excluding ortho intramolecular Hbond substituents is 1. The Bertz CT molecular complexity index is 1450. The molecule has 0 aliphatic heterocycles. The molecule has 4 aromatic rings. The SMILES string of the molecule is N=C(N)c1ccc2nc(-c3cc(/C(=C\C(=O)O)C(=O)O)cc(-c4ccccc4)c3O)[nH]c2c1. The Morgan fingerprint density at radius 1 is 0.970 bits per heavy atom. The number of hydrogen-bond acceptors (Lipinski definition) is 5. The van der Waals surface area contributed by atoms with E-state index in [1.807, 2.05) is 0 Å². The molecule has 0 bridgehead atoms. The lowest BCUT2D eigenvalue weighted by Gasteiger charge is -2.13. The number of carboxylic acid groups (broad SMARTS) is 2. The predicted molar refractivity (Wildman–Crippen MR) is 123 cm³/mol.